The second-order valence-corrected chi connectivity index (χ2v) is 7.01. The van der Waals surface area contributed by atoms with E-state index in [2.05, 4.69) is 54.0 Å². The molecule has 0 aliphatic carbocycles. The van der Waals surface area contributed by atoms with E-state index < -0.39 is 0 Å². The average Bonchev–Trinajstić information content (AvgIpc) is 2.41. The van der Waals surface area contributed by atoms with Crippen LogP contribution in [-0.4, -0.2) is 0 Å². The second kappa shape index (κ2) is 6.98. The number of alkyl halides is 1. The molecule has 3 heteroatoms. The van der Waals surface area contributed by atoms with E-state index in [-0.39, 0.29) is 5.38 Å². The first-order chi connectivity index (χ1) is 9.49. The lowest BCUT2D eigenvalue weighted by molar-refractivity contribution is 0.647. The normalized spacial score (nSPS) is 12.7. The zero-order valence-electron chi connectivity index (χ0n) is 11.5. The molecule has 0 heterocycles. The molecule has 2 aromatic rings. The van der Waals surface area contributed by atoms with Crippen molar-refractivity contribution in [2.45, 2.75) is 25.6 Å². The quantitative estimate of drug-likeness (QED) is 0.529. The van der Waals surface area contributed by atoms with Crippen molar-refractivity contribution >= 4 is 39.1 Å². The summed E-state index contributed by atoms with van der Waals surface area (Å²) in [5.41, 5.74) is 3.34. The smallest absolute Gasteiger partial charge is 0.0850 e. The Morgan fingerprint density at radius 2 is 1.70 bits per heavy atom. The number of hydrogen-bond donors (Lipinski definition) is 0. The molecule has 20 heavy (non-hydrogen) atoms. The Bertz CT molecular complexity index is 576. The first-order valence-electron chi connectivity index (χ1n) is 6.66. The van der Waals surface area contributed by atoms with E-state index in [9.17, 15) is 0 Å². The van der Waals surface area contributed by atoms with Crippen molar-refractivity contribution < 1.29 is 0 Å². The average molecular weight is 372 g/mol. The predicted octanol–water partition coefficient (Wildman–Crippen LogP) is 6.63. The van der Waals surface area contributed by atoms with Crippen molar-refractivity contribution in [2.24, 2.45) is 5.92 Å². The minimum Gasteiger partial charge on any atom is -0.113 e. The molecule has 0 aromatic heterocycles. The molecule has 1 atom stereocenters. The molecule has 2 aromatic carbocycles. The van der Waals surface area contributed by atoms with Crippen LogP contribution in [0.3, 0.4) is 0 Å². The third kappa shape index (κ3) is 3.78. The fourth-order valence-corrected chi connectivity index (χ4v) is 3.19. The zero-order chi connectivity index (χ0) is 14.7. The highest BCUT2D eigenvalue weighted by atomic mass is 79.9. The molecule has 1 unspecified atom stereocenters. The standard InChI is InChI=1S/C17H17BrCl2/c1-11(2)10-12-6-8-13(9-7-12)16(19)14-4-3-5-15(18)17(14)20/h3-9,11,16H,10H2,1-2H3. The maximum absolute atomic E-state index is 6.56. The predicted molar refractivity (Wildman–Crippen MR) is 91.8 cm³/mol. The molecular weight excluding hydrogens is 355 g/mol. The lowest BCUT2D eigenvalue weighted by Crippen LogP contribution is -1.97. The van der Waals surface area contributed by atoms with Crippen LogP contribution in [0.5, 0.6) is 0 Å². The summed E-state index contributed by atoms with van der Waals surface area (Å²) in [5, 5.41) is 0.451. The van der Waals surface area contributed by atoms with Crippen molar-refractivity contribution in [3.63, 3.8) is 0 Å². The number of halogens is 3. The largest absolute Gasteiger partial charge is 0.113 e. The Hall–Kier alpha value is -0.500. The van der Waals surface area contributed by atoms with E-state index in [4.69, 9.17) is 23.2 Å². The van der Waals surface area contributed by atoms with Crippen LogP contribution in [0.25, 0.3) is 0 Å². The molecule has 0 spiro atoms. The van der Waals surface area contributed by atoms with Crippen LogP contribution in [0.2, 0.25) is 5.02 Å². The molecule has 0 aliphatic heterocycles. The molecule has 0 bridgehead atoms. The monoisotopic (exact) mass is 370 g/mol. The summed E-state index contributed by atoms with van der Waals surface area (Å²) in [6, 6.07) is 14.3. The highest BCUT2D eigenvalue weighted by molar-refractivity contribution is 9.10. The molecule has 0 radical (unpaired) electrons. The van der Waals surface area contributed by atoms with Crippen molar-refractivity contribution in [1.29, 1.82) is 0 Å². The molecule has 0 fully saturated rings. The van der Waals surface area contributed by atoms with Gasteiger partial charge in [0.25, 0.3) is 0 Å². The van der Waals surface area contributed by atoms with E-state index in [0.29, 0.717) is 10.9 Å². The molecule has 0 N–H and O–H groups in total. The number of rotatable bonds is 4. The van der Waals surface area contributed by atoms with Gasteiger partial charge in [0.05, 0.1) is 10.4 Å². The van der Waals surface area contributed by atoms with Gasteiger partial charge in [-0.25, -0.2) is 0 Å². The van der Waals surface area contributed by atoms with E-state index in [0.717, 1.165) is 22.0 Å². The van der Waals surface area contributed by atoms with E-state index in [1.807, 2.05) is 18.2 Å². The van der Waals surface area contributed by atoms with Crippen molar-refractivity contribution in [3.8, 4) is 0 Å². The first-order valence-corrected chi connectivity index (χ1v) is 8.26. The highest BCUT2D eigenvalue weighted by Gasteiger charge is 2.15. The SMILES string of the molecule is CC(C)Cc1ccc(C(Cl)c2cccc(Br)c2Cl)cc1. The number of hydrogen-bond acceptors (Lipinski definition) is 0. The van der Waals surface area contributed by atoms with E-state index in [1.165, 1.54) is 5.56 Å². The highest BCUT2D eigenvalue weighted by Crippen LogP contribution is 2.37. The Balaban J connectivity index is 2.25. The molecule has 106 valence electrons. The van der Waals surface area contributed by atoms with Gasteiger partial charge in [0.2, 0.25) is 0 Å². The summed E-state index contributed by atoms with van der Waals surface area (Å²) in [4.78, 5) is 0. The van der Waals surface area contributed by atoms with Gasteiger partial charge in [0.15, 0.2) is 0 Å². The van der Waals surface area contributed by atoms with Gasteiger partial charge in [-0.3, -0.25) is 0 Å². The second-order valence-electron chi connectivity index (χ2n) is 5.35. The Labute approximate surface area is 139 Å². The van der Waals surface area contributed by atoms with E-state index in [1.54, 1.807) is 0 Å². The minimum atomic E-state index is -0.229. The molecule has 0 amide bonds. The minimum absolute atomic E-state index is 0.229. The van der Waals surface area contributed by atoms with Gasteiger partial charge < -0.3 is 0 Å². The molecule has 0 nitrogen and oxygen atoms in total. The third-order valence-electron chi connectivity index (χ3n) is 3.17. The van der Waals surface area contributed by atoms with Crippen LogP contribution in [0.1, 0.15) is 35.9 Å². The van der Waals surface area contributed by atoms with E-state index >= 15 is 0 Å². The van der Waals surface area contributed by atoms with Crippen LogP contribution in [0.15, 0.2) is 46.9 Å². The van der Waals surface area contributed by atoms with Crippen LogP contribution in [0.4, 0.5) is 0 Å². The van der Waals surface area contributed by atoms with Gasteiger partial charge in [0.1, 0.15) is 0 Å². The van der Waals surface area contributed by atoms with Crippen molar-refractivity contribution in [3.05, 3.63) is 68.7 Å². The van der Waals surface area contributed by atoms with Gasteiger partial charge in [-0.2, -0.15) is 0 Å². The maximum atomic E-state index is 6.56. The molecule has 2 rings (SSSR count). The Kier molecular flexibility index (Phi) is 5.54. The van der Waals surface area contributed by atoms with Crippen LogP contribution >= 0.6 is 39.1 Å². The number of benzene rings is 2. The molecule has 0 aliphatic rings. The topological polar surface area (TPSA) is 0 Å². The van der Waals surface area contributed by atoms with Gasteiger partial charge in [0, 0.05) is 4.47 Å². The molecule has 0 saturated heterocycles. The van der Waals surface area contributed by atoms with Crippen molar-refractivity contribution in [1.82, 2.24) is 0 Å². The summed E-state index contributed by atoms with van der Waals surface area (Å²) in [6.45, 7) is 4.44. The van der Waals surface area contributed by atoms with Crippen LogP contribution in [0, 0.1) is 5.92 Å². The molecule has 0 saturated carbocycles. The Morgan fingerprint density at radius 3 is 2.30 bits per heavy atom. The summed E-state index contributed by atoms with van der Waals surface area (Å²) in [6.07, 6.45) is 1.09. The van der Waals surface area contributed by atoms with Crippen LogP contribution in [-0.2, 0) is 6.42 Å². The van der Waals surface area contributed by atoms with Gasteiger partial charge in [-0.05, 0) is 51.0 Å². The van der Waals surface area contributed by atoms with Crippen LogP contribution < -0.4 is 0 Å². The third-order valence-corrected chi connectivity index (χ3v) is 4.97. The summed E-state index contributed by atoms with van der Waals surface area (Å²) in [5.74, 6) is 0.659. The fourth-order valence-electron chi connectivity index (χ4n) is 2.19. The van der Waals surface area contributed by atoms with Crippen molar-refractivity contribution in [2.75, 3.05) is 0 Å². The van der Waals surface area contributed by atoms with Gasteiger partial charge >= 0.3 is 0 Å². The molecular formula is C17H17BrCl2. The van der Waals surface area contributed by atoms with Gasteiger partial charge in [-0.1, -0.05) is 61.8 Å². The maximum Gasteiger partial charge on any atom is 0.0850 e. The Morgan fingerprint density at radius 1 is 1.05 bits per heavy atom. The first kappa shape index (κ1) is 15.9. The zero-order valence-corrected chi connectivity index (χ0v) is 14.6. The summed E-state index contributed by atoms with van der Waals surface area (Å²) < 4.78 is 0.874. The lowest BCUT2D eigenvalue weighted by Gasteiger charge is -2.14. The summed E-state index contributed by atoms with van der Waals surface area (Å²) >= 11 is 16.3. The lowest BCUT2D eigenvalue weighted by atomic mass is 9.99. The van der Waals surface area contributed by atoms with Gasteiger partial charge in [-0.15, -0.1) is 11.6 Å². The summed E-state index contributed by atoms with van der Waals surface area (Å²) in [7, 11) is 0. The fraction of sp³-hybridized carbons (Fsp3) is 0.294.